The van der Waals surface area contributed by atoms with Gasteiger partial charge in [-0.15, -0.1) is 23.7 Å². The second kappa shape index (κ2) is 6.21. The van der Waals surface area contributed by atoms with E-state index in [0.717, 1.165) is 26.2 Å². The molecule has 1 aromatic rings. The minimum absolute atomic E-state index is 0. The SMILES string of the molecule is CC1CNCCN1Cc1sccc1Br.Cl. The van der Waals surface area contributed by atoms with Crippen molar-refractivity contribution in [2.45, 2.75) is 19.5 Å². The predicted octanol–water partition coefficient (Wildman–Crippen LogP) is 2.73. The molecular formula is C10H16BrClN2S. The second-order valence-corrected chi connectivity index (χ2v) is 5.57. The van der Waals surface area contributed by atoms with E-state index >= 15 is 0 Å². The summed E-state index contributed by atoms with van der Waals surface area (Å²) in [5, 5.41) is 5.55. The maximum atomic E-state index is 3.58. The first-order chi connectivity index (χ1) is 6.77. The van der Waals surface area contributed by atoms with Gasteiger partial charge in [0.1, 0.15) is 0 Å². The van der Waals surface area contributed by atoms with Gasteiger partial charge in [0.15, 0.2) is 0 Å². The van der Waals surface area contributed by atoms with Crippen LogP contribution < -0.4 is 5.32 Å². The predicted molar refractivity (Wildman–Crippen MR) is 72.0 cm³/mol. The lowest BCUT2D eigenvalue weighted by molar-refractivity contribution is 0.167. The second-order valence-electron chi connectivity index (χ2n) is 3.72. The monoisotopic (exact) mass is 310 g/mol. The summed E-state index contributed by atoms with van der Waals surface area (Å²) in [5.74, 6) is 0. The van der Waals surface area contributed by atoms with Gasteiger partial charge >= 0.3 is 0 Å². The van der Waals surface area contributed by atoms with Crippen molar-refractivity contribution < 1.29 is 0 Å². The van der Waals surface area contributed by atoms with E-state index in [9.17, 15) is 0 Å². The normalized spacial score (nSPS) is 22.4. The Balaban J connectivity index is 0.00000112. The molecule has 1 aliphatic rings. The molecule has 2 heterocycles. The van der Waals surface area contributed by atoms with E-state index in [1.54, 1.807) is 0 Å². The maximum absolute atomic E-state index is 3.58. The average Bonchev–Trinajstić information content (AvgIpc) is 2.56. The molecule has 15 heavy (non-hydrogen) atoms. The highest BCUT2D eigenvalue weighted by Crippen LogP contribution is 2.24. The van der Waals surface area contributed by atoms with Crippen molar-refractivity contribution >= 4 is 39.7 Å². The molecule has 0 aliphatic carbocycles. The fourth-order valence-electron chi connectivity index (χ4n) is 1.74. The Bertz CT molecular complexity index is 305. The molecule has 1 aliphatic heterocycles. The topological polar surface area (TPSA) is 15.3 Å². The molecule has 0 saturated carbocycles. The minimum Gasteiger partial charge on any atom is -0.314 e. The summed E-state index contributed by atoms with van der Waals surface area (Å²) < 4.78 is 1.26. The van der Waals surface area contributed by atoms with E-state index in [-0.39, 0.29) is 12.4 Å². The molecule has 2 nitrogen and oxygen atoms in total. The zero-order valence-corrected chi connectivity index (χ0v) is 11.9. The summed E-state index contributed by atoms with van der Waals surface area (Å²) in [4.78, 5) is 3.98. The van der Waals surface area contributed by atoms with Crippen molar-refractivity contribution in [3.05, 3.63) is 20.8 Å². The number of nitrogens with zero attached hydrogens (tertiary/aromatic N) is 1. The van der Waals surface area contributed by atoms with Crippen LogP contribution in [0.3, 0.4) is 0 Å². The van der Waals surface area contributed by atoms with E-state index in [2.05, 4.69) is 44.5 Å². The van der Waals surface area contributed by atoms with Gasteiger partial charge in [0.25, 0.3) is 0 Å². The quantitative estimate of drug-likeness (QED) is 0.903. The van der Waals surface area contributed by atoms with Crippen molar-refractivity contribution in [1.82, 2.24) is 10.2 Å². The smallest absolute Gasteiger partial charge is 0.0343 e. The first-order valence-corrected chi connectivity index (χ1v) is 6.61. The molecule has 1 aromatic heterocycles. The van der Waals surface area contributed by atoms with Gasteiger partial charge < -0.3 is 5.32 Å². The Labute approximate surface area is 110 Å². The first-order valence-electron chi connectivity index (χ1n) is 4.94. The van der Waals surface area contributed by atoms with Gasteiger partial charge in [-0.1, -0.05) is 0 Å². The maximum Gasteiger partial charge on any atom is 0.0343 e. The number of nitrogens with one attached hydrogen (secondary N) is 1. The summed E-state index contributed by atoms with van der Waals surface area (Å²) >= 11 is 5.42. The summed E-state index contributed by atoms with van der Waals surface area (Å²) in [5.41, 5.74) is 0. The molecule has 1 saturated heterocycles. The number of piperazine rings is 1. The molecule has 2 rings (SSSR count). The highest BCUT2D eigenvalue weighted by Gasteiger charge is 2.18. The highest BCUT2D eigenvalue weighted by atomic mass is 79.9. The van der Waals surface area contributed by atoms with Crippen LogP contribution in [0.15, 0.2) is 15.9 Å². The molecule has 1 unspecified atom stereocenters. The zero-order valence-electron chi connectivity index (χ0n) is 8.70. The molecule has 0 radical (unpaired) electrons. The van der Waals surface area contributed by atoms with Gasteiger partial charge in [-0.05, 0) is 34.3 Å². The minimum atomic E-state index is 0. The van der Waals surface area contributed by atoms with Gasteiger partial charge in [-0.2, -0.15) is 0 Å². The third-order valence-corrected chi connectivity index (χ3v) is 4.59. The summed E-state index contributed by atoms with van der Waals surface area (Å²) in [6.07, 6.45) is 0. The van der Waals surface area contributed by atoms with Crippen LogP contribution in [0.4, 0.5) is 0 Å². The van der Waals surface area contributed by atoms with Crippen LogP contribution in [0, 0.1) is 0 Å². The molecule has 1 N–H and O–H groups in total. The van der Waals surface area contributed by atoms with Gasteiger partial charge in [0.2, 0.25) is 0 Å². The van der Waals surface area contributed by atoms with Crippen LogP contribution in [0.2, 0.25) is 0 Å². The summed E-state index contributed by atoms with van der Waals surface area (Å²) in [6.45, 7) is 6.76. The first kappa shape index (κ1) is 13.5. The Morgan fingerprint density at radius 2 is 2.47 bits per heavy atom. The van der Waals surface area contributed by atoms with Crippen LogP contribution in [0.1, 0.15) is 11.8 Å². The third kappa shape index (κ3) is 3.43. The molecule has 0 aromatic carbocycles. The van der Waals surface area contributed by atoms with Crippen molar-refractivity contribution in [1.29, 1.82) is 0 Å². The van der Waals surface area contributed by atoms with E-state index in [1.807, 2.05) is 11.3 Å². The fraction of sp³-hybridized carbons (Fsp3) is 0.600. The lowest BCUT2D eigenvalue weighted by Crippen LogP contribution is -2.49. The van der Waals surface area contributed by atoms with Crippen LogP contribution in [-0.2, 0) is 6.54 Å². The van der Waals surface area contributed by atoms with Crippen molar-refractivity contribution in [3.8, 4) is 0 Å². The molecule has 5 heteroatoms. The number of rotatable bonds is 2. The molecule has 1 fully saturated rings. The van der Waals surface area contributed by atoms with Crippen LogP contribution in [-0.4, -0.2) is 30.6 Å². The van der Waals surface area contributed by atoms with Crippen molar-refractivity contribution in [3.63, 3.8) is 0 Å². The van der Waals surface area contributed by atoms with Crippen molar-refractivity contribution in [2.24, 2.45) is 0 Å². The van der Waals surface area contributed by atoms with E-state index < -0.39 is 0 Å². The van der Waals surface area contributed by atoms with Crippen LogP contribution >= 0.6 is 39.7 Å². The van der Waals surface area contributed by atoms with Gasteiger partial charge in [0, 0.05) is 41.6 Å². The molecule has 0 spiro atoms. The van der Waals surface area contributed by atoms with Gasteiger partial charge in [-0.3, -0.25) is 4.90 Å². The highest BCUT2D eigenvalue weighted by molar-refractivity contribution is 9.10. The molecule has 0 amide bonds. The fourth-order valence-corrected chi connectivity index (χ4v) is 3.24. The van der Waals surface area contributed by atoms with Crippen LogP contribution in [0.5, 0.6) is 0 Å². The Kier molecular flexibility index (Phi) is 5.57. The molecule has 0 bridgehead atoms. The molecular weight excluding hydrogens is 296 g/mol. The average molecular weight is 312 g/mol. The number of hydrogen-bond donors (Lipinski definition) is 1. The Morgan fingerprint density at radius 3 is 3.07 bits per heavy atom. The zero-order chi connectivity index (χ0) is 9.97. The van der Waals surface area contributed by atoms with E-state index in [0.29, 0.717) is 6.04 Å². The number of halogens is 2. The van der Waals surface area contributed by atoms with Gasteiger partial charge in [-0.25, -0.2) is 0 Å². The molecule has 1 atom stereocenters. The summed E-state index contributed by atoms with van der Waals surface area (Å²) in [7, 11) is 0. The largest absolute Gasteiger partial charge is 0.314 e. The number of thiophene rings is 1. The van der Waals surface area contributed by atoms with Crippen molar-refractivity contribution in [2.75, 3.05) is 19.6 Å². The third-order valence-electron chi connectivity index (χ3n) is 2.68. The van der Waals surface area contributed by atoms with E-state index in [1.165, 1.54) is 9.35 Å². The molecule has 86 valence electrons. The standard InChI is InChI=1S/C10H15BrN2S.ClH/c1-8-6-12-3-4-13(8)7-10-9(11)2-5-14-10;/h2,5,8,12H,3-4,6-7H2,1H3;1H. The lowest BCUT2D eigenvalue weighted by atomic mass is 10.2. The van der Waals surface area contributed by atoms with Crippen LogP contribution in [0.25, 0.3) is 0 Å². The summed E-state index contributed by atoms with van der Waals surface area (Å²) in [6, 6.07) is 2.78. The Morgan fingerprint density at radius 1 is 1.67 bits per heavy atom. The van der Waals surface area contributed by atoms with Gasteiger partial charge in [0.05, 0.1) is 0 Å². The number of hydrogen-bond acceptors (Lipinski definition) is 3. The Hall–Kier alpha value is 0.390. The van der Waals surface area contributed by atoms with E-state index in [4.69, 9.17) is 0 Å². The lowest BCUT2D eigenvalue weighted by Gasteiger charge is -2.33.